The van der Waals surface area contributed by atoms with Crippen molar-refractivity contribution in [3.8, 4) is 11.5 Å². The van der Waals surface area contributed by atoms with Crippen LogP contribution in [0.2, 0.25) is 0 Å². The molecule has 116 valence electrons. The van der Waals surface area contributed by atoms with Gasteiger partial charge in [-0.15, -0.1) is 0 Å². The lowest BCUT2D eigenvalue weighted by Crippen LogP contribution is -2.18. The van der Waals surface area contributed by atoms with E-state index in [-0.39, 0.29) is 28.5 Å². The average Bonchev–Trinajstić information content (AvgIpc) is 2.43. The molecule has 6 heteroatoms. The van der Waals surface area contributed by atoms with Gasteiger partial charge in [0, 0.05) is 6.20 Å². The second kappa shape index (κ2) is 6.01. The topological polar surface area (TPSA) is 74.9 Å². The van der Waals surface area contributed by atoms with E-state index in [1.54, 1.807) is 26.8 Å². The van der Waals surface area contributed by atoms with Gasteiger partial charge in [-0.25, -0.2) is 4.39 Å². The largest absolute Gasteiger partial charge is 0.507 e. The number of aromatic nitrogens is 1. The summed E-state index contributed by atoms with van der Waals surface area (Å²) in [6.45, 7) is 5.37. The minimum atomic E-state index is -0.599. The molecular weight excluding hydrogens is 287 g/mol. The first-order valence-electron chi connectivity index (χ1n) is 6.67. The van der Waals surface area contributed by atoms with Crippen LogP contribution in [0.1, 0.15) is 32.0 Å². The molecule has 0 saturated heterocycles. The quantitative estimate of drug-likeness (QED) is 0.674. The molecule has 0 spiro atoms. The fourth-order valence-electron chi connectivity index (χ4n) is 1.68. The number of halogens is 1. The number of pyridine rings is 1. The first-order chi connectivity index (χ1) is 10.3. The van der Waals surface area contributed by atoms with Crippen molar-refractivity contribution in [2.75, 3.05) is 0 Å². The van der Waals surface area contributed by atoms with E-state index in [9.17, 15) is 14.6 Å². The molecule has 2 rings (SSSR count). The first-order valence-corrected chi connectivity index (χ1v) is 6.67. The van der Waals surface area contributed by atoms with Gasteiger partial charge in [-0.2, -0.15) is 0 Å². The van der Waals surface area contributed by atoms with Crippen LogP contribution in [-0.2, 0) is 4.84 Å². The van der Waals surface area contributed by atoms with Crippen molar-refractivity contribution in [2.24, 2.45) is 5.16 Å². The van der Waals surface area contributed by atoms with Gasteiger partial charge in [-0.1, -0.05) is 5.16 Å². The van der Waals surface area contributed by atoms with Crippen molar-refractivity contribution in [2.45, 2.75) is 26.4 Å². The van der Waals surface area contributed by atoms with Crippen LogP contribution in [0.4, 0.5) is 4.39 Å². The van der Waals surface area contributed by atoms with Gasteiger partial charge in [-0.05, 0) is 51.1 Å². The molecule has 0 radical (unpaired) electrons. The SMILES string of the molecule is CC(C)(C)ON=C(c1cc(F)ccc1O)c1ncccc1O. The number of rotatable bonds is 3. The molecule has 0 fully saturated rings. The Balaban J connectivity index is 2.61. The van der Waals surface area contributed by atoms with Gasteiger partial charge in [0.15, 0.2) is 0 Å². The number of phenols is 1. The Morgan fingerprint density at radius 3 is 2.55 bits per heavy atom. The maximum absolute atomic E-state index is 13.5. The lowest BCUT2D eigenvalue weighted by Gasteiger charge is -2.17. The Morgan fingerprint density at radius 2 is 1.91 bits per heavy atom. The molecule has 0 unspecified atom stereocenters. The fraction of sp³-hybridized carbons (Fsp3) is 0.250. The van der Waals surface area contributed by atoms with Gasteiger partial charge in [0.2, 0.25) is 0 Å². The minimum Gasteiger partial charge on any atom is -0.507 e. The van der Waals surface area contributed by atoms with Crippen LogP contribution in [0.3, 0.4) is 0 Å². The van der Waals surface area contributed by atoms with E-state index in [1.807, 2.05) is 0 Å². The lowest BCUT2D eigenvalue weighted by atomic mass is 10.0. The maximum atomic E-state index is 13.5. The molecule has 0 saturated carbocycles. The number of hydrogen-bond donors (Lipinski definition) is 2. The van der Waals surface area contributed by atoms with Crippen molar-refractivity contribution in [3.63, 3.8) is 0 Å². The Kier molecular flexibility index (Phi) is 4.30. The monoisotopic (exact) mass is 304 g/mol. The van der Waals surface area contributed by atoms with E-state index in [0.717, 1.165) is 12.1 Å². The van der Waals surface area contributed by atoms with Crippen LogP contribution in [-0.4, -0.2) is 26.5 Å². The highest BCUT2D eigenvalue weighted by Gasteiger charge is 2.20. The number of aromatic hydroxyl groups is 2. The van der Waals surface area contributed by atoms with Crippen LogP contribution < -0.4 is 0 Å². The number of nitrogens with zero attached hydrogens (tertiary/aromatic N) is 2. The van der Waals surface area contributed by atoms with E-state index in [2.05, 4.69) is 10.1 Å². The zero-order valence-electron chi connectivity index (χ0n) is 12.5. The molecule has 0 bridgehead atoms. The van der Waals surface area contributed by atoms with E-state index in [1.165, 1.54) is 18.3 Å². The van der Waals surface area contributed by atoms with Crippen molar-refractivity contribution in [1.82, 2.24) is 4.98 Å². The molecule has 1 aromatic heterocycles. The molecule has 1 aromatic carbocycles. The Labute approximate surface area is 127 Å². The molecule has 0 amide bonds. The van der Waals surface area contributed by atoms with Crippen molar-refractivity contribution < 1.29 is 19.4 Å². The van der Waals surface area contributed by atoms with Crippen LogP contribution in [0.5, 0.6) is 11.5 Å². The smallest absolute Gasteiger partial charge is 0.143 e. The normalized spacial score (nSPS) is 12.3. The number of hydrogen-bond acceptors (Lipinski definition) is 5. The molecule has 1 heterocycles. The zero-order valence-corrected chi connectivity index (χ0v) is 12.5. The fourth-order valence-corrected chi connectivity index (χ4v) is 1.68. The first kappa shape index (κ1) is 15.8. The van der Waals surface area contributed by atoms with Crippen molar-refractivity contribution in [3.05, 3.63) is 53.6 Å². The highest BCUT2D eigenvalue weighted by atomic mass is 19.1. The Hall–Kier alpha value is -2.63. The van der Waals surface area contributed by atoms with Crippen LogP contribution >= 0.6 is 0 Å². The second-order valence-corrected chi connectivity index (χ2v) is 5.68. The summed E-state index contributed by atoms with van der Waals surface area (Å²) in [6, 6.07) is 6.41. The average molecular weight is 304 g/mol. The van der Waals surface area contributed by atoms with Crippen LogP contribution in [0, 0.1) is 5.82 Å². The lowest BCUT2D eigenvalue weighted by molar-refractivity contribution is 0.00108. The third-order valence-electron chi connectivity index (χ3n) is 2.64. The highest BCUT2D eigenvalue weighted by molar-refractivity contribution is 6.14. The number of oxime groups is 1. The highest BCUT2D eigenvalue weighted by Crippen LogP contribution is 2.26. The molecule has 2 N–H and O–H groups in total. The predicted molar refractivity (Wildman–Crippen MR) is 80.4 cm³/mol. The van der Waals surface area contributed by atoms with Gasteiger partial charge < -0.3 is 15.1 Å². The van der Waals surface area contributed by atoms with Crippen molar-refractivity contribution >= 4 is 5.71 Å². The van der Waals surface area contributed by atoms with E-state index in [4.69, 9.17) is 4.84 Å². The van der Waals surface area contributed by atoms with Gasteiger partial charge in [0.1, 0.15) is 34.3 Å². The molecule has 0 aliphatic heterocycles. The standard InChI is InChI=1S/C16H17FN2O3/c1-16(2,3)22-19-14(15-13(21)5-4-8-18-15)11-9-10(17)6-7-12(11)20/h4-9,20-21H,1-3H3. The molecule has 2 aromatic rings. The summed E-state index contributed by atoms with van der Waals surface area (Å²) < 4.78 is 13.5. The van der Waals surface area contributed by atoms with Gasteiger partial charge >= 0.3 is 0 Å². The van der Waals surface area contributed by atoms with Crippen LogP contribution in [0.25, 0.3) is 0 Å². The Morgan fingerprint density at radius 1 is 1.18 bits per heavy atom. The maximum Gasteiger partial charge on any atom is 0.143 e. The summed E-state index contributed by atoms with van der Waals surface area (Å²) in [7, 11) is 0. The summed E-state index contributed by atoms with van der Waals surface area (Å²) in [4.78, 5) is 9.39. The summed E-state index contributed by atoms with van der Waals surface area (Å²) in [5, 5.41) is 23.9. The van der Waals surface area contributed by atoms with Gasteiger partial charge in [-0.3, -0.25) is 4.98 Å². The Bertz CT molecular complexity index is 709. The molecule has 5 nitrogen and oxygen atoms in total. The minimum absolute atomic E-state index is 0.0463. The van der Waals surface area contributed by atoms with Gasteiger partial charge in [0.25, 0.3) is 0 Å². The molecule has 0 aliphatic carbocycles. The van der Waals surface area contributed by atoms with E-state index < -0.39 is 11.4 Å². The number of phenolic OH excluding ortho intramolecular Hbond substituents is 1. The molecule has 0 atom stereocenters. The molecule has 0 aliphatic rings. The predicted octanol–water partition coefficient (Wildman–Crippen LogP) is 3.20. The van der Waals surface area contributed by atoms with Crippen LogP contribution in [0.15, 0.2) is 41.7 Å². The van der Waals surface area contributed by atoms with E-state index in [0.29, 0.717) is 0 Å². The summed E-state index contributed by atoms with van der Waals surface area (Å²) >= 11 is 0. The summed E-state index contributed by atoms with van der Waals surface area (Å²) in [6.07, 6.45) is 1.46. The number of benzene rings is 1. The third-order valence-corrected chi connectivity index (χ3v) is 2.64. The van der Waals surface area contributed by atoms with Crippen molar-refractivity contribution in [1.29, 1.82) is 0 Å². The zero-order chi connectivity index (χ0) is 16.3. The van der Waals surface area contributed by atoms with Gasteiger partial charge in [0.05, 0.1) is 5.56 Å². The summed E-state index contributed by atoms with van der Waals surface area (Å²) in [5.41, 5.74) is -0.380. The third kappa shape index (κ3) is 3.72. The molecular formula is C16H17FN2O3. The molecule has 22 heavy (non-hydrogen) atoms. The second-order valence-electron chi connectivity index (χ2n) is 5.68. The summed E-state index contributed by atoms with van der Waals surface area (Å²) in [5.74, 6) is -0.892. The van der Waals surface area contributed by atoms with E-state index >= 15 is 0 Å².